The van der Waals surface area contributed by atoms with E-state index in [1.807, 2.05) is 0 Å². The number of esters is 1. The molecular weight excluding hydrogens is 983 g/mol. The third kappa shape index (κ3) is 65.5. The molecule has 0 aromatic rings. The van der Waals surface area contributed by atoms with E-state index >= 15 is 0 Å². The molecule has 6 nitrogen and oxygen atoms in total. The predicted octanol–water partition coefficient (Wildman–Crippen LogP) is 23.7. The van der Waals surface area contributed by atoms with Crippen LogP contribution >= 0.6 is 0 Å². The molecule has 80 heavy (non-hydrogen) atoms. The van der Waals surface area contributed by atoms with Crippen LogP contribution in [0.15, 0.2) is 24.3 Å². The van der Waals surface area contributed by atoms with E-state index in [0.717, 1.165) is 44.9 Å². The fourth-order valence-corrected chi connectivity index (χ4v) is 11.6. The number of allylic oxidation sites excluding steroid dienone is 4. The minimum atomic E-state index is -0.661. The molecule has 0 aliphatic carbocycles. The highest BCUT2D eigenvalue weighted by Crippen LogP contribution is 2.19. The second-order valence-electron chi connectivity index (χ2n) is 25.3. The Bertz CT molecular complexity index is 1250. The average Bonchev–Trinajstić information content (AvgIpc) is 3.46. The van der Waals surface area contributed by atoms with Crippen molar-refractivity contribution in [1.29, 1.82) is 0 Å². The van der Waals surface area contributed by atoms with Crippen molar-refractivity contribution in [2.24, 2.45) is 0 Å². The first kappa shape index (κ1) is 78.3. The summed E-state index contributed by atoms with van der Waals surface area (Å²) in [6, 6.07) is -0.538. The van der Waals surface area contributed by atoms with E-state index in [1.165, 1.54) is 334 Å². The molecule has 1 amide bonds. The molecule has 0 rings (SSSR count). The van der Waals surface area contributed by atoms with Crippen LogP contribution in [0.1, 0.15) is 412 Å². The van der Waals surface area contributed by atoms with Crippen molar-refractivity contribution < 1.29 is 24.5 Å². The van der Waals surface area contributed by atoms with Crippen molar-refractivity contribution >= 4 is 11.9 Å². The summed E-state index contributed by atoms with van der Waals surface area (Å²) in [4.78, 5) is 24.6. The van der Waals surface area contributed by atoms with Crippen LogP contribution in [-0.4, -0.2) is 47.4 Å². The monoisotopic (exact) mass is 1130 g/mol. The number of nitrogens with one attached hydrogen (secondary N) is 1. The fraction of sp³-hybridized carbons (Fsp3) is 0.919. The summed E-state index contributed by atoms with van der Waals surface area (Å²) in [7, 11) is 0. The SMILES string of the molecule is CCCCCCCC/C=C\CCCCCCCC(=O)OCCCCCCCCCCCCCC/C=C\CCCCCCCCCCCCCCCCCCCC(=O)NC(CO)C(O)CCCCCCCCCCCCCCCCC. The first-order valence-electron chi connectivity index (χ1n) is 36.6. The molecule has 0 aromatic heterocycles. The van der Waals surface area contributed by atoms with Gasteiger partial charge in [-0.05, 0) is 77.0 Å². The summed E-state index contributed by atoms with van der Waals surface area (Å²) < 4.78 is 5.49. The smallest absolute Gasteiger partial charge is 0.305 e. The molecule has 0 spiro atoms. The van der Waals surface area contributed by atoms with Gasteiger partial charge in [-0.3, -0.25) is 9.59 Å². The Morgan fingerprint density at radius 2 is 0.588 bits per heavy atom. The summed E-state index contributed by atoms with van der Waals surface area (Å²) in [6.07, 6.45) is 88.2. The van der Waals surface area contributed by atoms with Gasteiger partial charge in [-0.15, -0.1) is 0 Å². The Hall–Kier alpha value is -1.66. The van der Waals surface area contributed by atoms with Gasteiger partial charge in [0.2, 0.25) is 5.91 Å². The predicted molar refractivity (Wildman–Crippen MR) is 352 cm³/mol. The molecule has 0 fully saturated rings. The summed E-state index contributed by atoms with van der Waals surface area (Å²) in [5.41, 5.74) is 0. The Morgan fingerprint density at radius 3 is 0.887 bits per heavy atom. The lowest BCUT2D eigenvalue weighted by Crippen LogP contribution is -2.45. The van der Waals surface area contributed by atoms with Crippen LogP contribution in [0.25, 0.3) is 0 Å². The lowest BCUT2D eigenvalue weighted by Gasteiger charge is -2.22. The third-order valence-electron chi connectivity index (χ3n) is 17.2. The van der Waals surface area contributed by atoms with Gasteiger partial charge in [0, 0.05) is 12.8 Å². The van der Waals surface area contributed by atoms with Crippen LogP contribution in [0.3, 0.4) is 0 Å². The van der Waals surface area contributed by atoms with Crippen LogP contribution in [0, 0.1) is 0 Å². The second kappa shape index (κ2) is 69.8. The first-order chi connectivity index (χ1) is 39.5. The largest absolute Gasteiger partial charge is 0.466 e. The highest BCUT2D eigenvalue weighted by molar-refractivity contribution is 5.76. The van der Waals surface area contributed by atoms with Crippen molar-refractivity contribution in [3.05, 3.63) is 24.3 Å². The number of hydrogen-bond acceptors (Lipinski definition) is 5. The van der Waals surface area contributed by atoms with E-state index in [-0.39, 0.29) is 18.5 Å². The number of hydrogen-bond donors (Lipinski definition) is 3. The number of aliphatic hydroxyl groups is 2. The summed E-state index contributed by atoms with van der Waals surface area (Å²) in [6.45, 7) is 4.98. The van der Waals surface area contributed by atoms with Gasteiger partial charge in [0.15, 0.2) is 0 Å². The van der Waals surface area contributed by atoms with Crippen molar-refractivity contribution in [2.45, 2.75) is 424 Å². The minimum Gasteiger partial charge on any atom is -0.466 e. The molecular formula is C74H143NO5. The van der Waals surface area contributed by atoms with Crippen LogP contribution < -0.4 is 5.32 Å². The maximum absolute atomic E-state index is 12.5. The average molecular weight is 1130 g/mol. The van der Waals surface area contributed by atoms with Gasteiger partial charge in [-0.1, -0.05) is 346 Å². The number of aliphatic hydroxyl groups excluding tert-OH is 2. The number of carbonyl (C=O) groups is 2. The van der Waals surface area contributed by atoms with Gasteiger partial charge in [-0.25, -0.2) is 0 Å². The first-order valence-corrected chi connectivity index (χ1v) is 36.6. The van der Waals surface area contributed by atoms with E-state index in [9.17, 15) is 19.8 Å². The zero-order valence-electron chi connectivity index (χ0n) is 54.3. The van der Waals surface area contributed by atoms with Crippen LogP contribution in [0.2, 0.25) is 0 Å². The van der Waals surface area contributed by atoms with E-state index < -0.39 is 12.1 Å². The van der Waals surface area contributed by atoms with Gasteiger partial charge in [0.25, 0.3) is 0 Å². The molecule has 474 valence electrons. The quantitative estimate of drug-likeness (QED) is 0.0320. The zero-order valence-corrected chi connectivity index (χ0v) is 54.3. The number of rotatable bonds is 69. The molecule has 6 heteroatoms. The van der Waals surface area contributed by atoms with E-state index in [4.69, 9.17) is 4.74 Å². The molecule has 0 saturated heterocycles. The molecule has 0 radical (unpaired) electrons. The summed E-state index contributed by atoms with van der Waals surface area (Å²) in [5, 5.41) is 23.3. The van der Waals surface area contributed by atoms with Gasteiger partial charge in [0.1, 0.15) is 0 Å². The molecule has 3 N–H and O–H groups in total. The number of unbranched alkanes of at least 4 members (excludes halogenated alkanes) is 54. The molecule has 2 atom stereocenters. The van der Waals surface area contributed by atoms with Crippen molar-refractivity contribution in [3.63, 3.8) is 0 Å². The molecule has 0 saturated carbocycles. The van der Waals surface area contributed by atoms with Gasteiger partial charge in [0.05, 0.1) is 25.4 Å². The van der Waals surface area contributed by atoms with E-state index in [0.29, 0.717) is 25.9 Å². The third-order valence-corrected chi connectivity index (χ3v) is 17.2. The minimum absolute atomic E-state index is 0.0114. The summed E-state index contributed by atoms with van der Waals surface area (Å²) >= 11 is 0. The maximum Gasteiger partial charge on any atom is 0.305 e. The number of ether oxygens (including phenoxy) is 1. The van der Waals surface area contributed by atoms with Gasteiger partial charge < -0.3 is 20.3 Å². The number of amides is 1. The Labute approximate surface area is 501 Å². The topological polar surface area (TPSA) is 95.9 Å². The van der Waals surface area contributed by atoms with Crippen molar-refractivity contribution in [2.75, 3.05) is 13.2 Å². The zero-order chi connectivity index (χ0) is 57.8. The fourth-order valence-electron chi connectivity index (χ4n) is 11.6. The normalized spacial score (nSPS) is 12.6. The Kier molecular flexibility index (Phi) is 68.4. The maximum atomic E-state index is 12.5. The Morgan fingerprint density at radius 1 is 0.338 bits per heavy atom. The number of carbonyl (C=O) groups excluding carboxylic acids is 2. The molecule has 0 aromatic carbocycles. The second-order valence-corrected chi connectivity index (χ2v) is 25.3. The van der Waals surface area contributed by atoms with Crippen molar-refractivity contribution in [3.8, 4) is 0 Å². The van der Waals surface area contributed by atoms with E-state index in [2.05, 4.69) is 43.5 Å². The van der Waals surface area contributed by atoms with Crippen molar-refractivity contribution in [1.82, 2.24) is 5.32 Å². The molecule has 0 bridgehead atoms. The van der Waals surface area contributed by atoms with Crippen LogP contribution in [0.4, 0.5) is 0 Å². The molecule has 0 aliphatic rings. The lowest BCUT2D eigenvalue weighted by molar-refractivity contribution is -0.143. The van der Waals surface area contributed by atoms with Crippen LogP contribution in [-0.2, 0) is 14.3 Å². The lowest BCUT2D eigenvalue weighted by atomic mass is 10.0. The van der Waals surface area contributed by atoms with Crippen LogP contribution in [0.5, 0.6) is 0 Å². The Balaban J connectivity index is 3.34. The van der Waals surface area contributed by atoms with E-state index in [1.54, 1.807) is 0 Å². The standard InChI is InChI=1S/C74H143NO5/c1-3-5-7-9-11-13-15-17-38-42-46-50-54-58-62-66-72(77)71(70-76)75-73(78)67-63-59-55-51-47-43-40-36-34-32-30-28-26-24-22-20-19-21-23-25-27-29-31-33-35-37-41-45-49-53-57-61-65-69-80-74(79)68-64-60-56-52-48-44-39-18-16-14-12-10-8-6-4-2/h18,23,25,39,71-72,76-77H,3-17,19-22,24,26-38,40-70H2,1-2H3,(H,75,78)/b25-23-,39-18-. The van der Waals surface area contributed by atoms with Gasteiger partial charge in [-0.2, -0.15) is 0 Å². The molecule has 0 aliphatic heterocycles. The summed E-state index contributed by atoms with van der Waals surface area (Å²) in [5.74, 6) is -0.0173. The molecule has 2 unspecified atom stereocenters. The molecule has 0 heterocycles. The highest BCUT2D eigenvalue weighted by atomic mass is 16.5. The highest BCUT2D eigenvalue weighted by Gasteiger charge is 2.20. The van der Waals surface area contributed by atoms with Gasteiger partial charge >= 0.3 is 5.97 Å².